The summed E-state index contributed by atoms with van der Waals surface area (Å²) in [6.07, 6.45) is 29.1. The second-order valence-electron chi connectivity index (χ2n) is 19.9. The Balaban J connectivity index is 1.61. The topological polar surface area (TPSA) is 0 Å². The molecule has 3 atom stereocenters. The minimum Gasteiger partial charge on any atom is -0.0808 e. The van der Waals surface area contributed by atoms with Gasteiger partial charge in [-0.2, -0.15) is 0 Å². The van der Waals surface area contributed by atoms with Crippen LogP contribution in [0, 0.1) is 57.3 Å². The Morgan fingerprint density at radius 1 is 0.455 bits per heavy atom. The van der Waals surface area contributed by atoms with E-state index in [0.29, 0.717) is 11.8 Å². The maximum absolute atomic E-state index is 4.15. The Kier molecular flexibility index (Phi) is 13.3. The molecule has 0 saturated heterocycles. The standard InChI is InChI=1S/C66H66/c1-43-9-25-51(26-10-43)27-42-59-60(52-28-11-44(2)12-29-52)62(54-32-15-46(4)16-33-54)64(56-36-19-48(6)20-37-56)66(58-40-23-50(8)24-41-58)65(57-38-21-49(7)22-39-57)63(55-34-17-47(5)18-35-55)61(59)53-30-13-45(3)14-31-53/h9,11-12,15-17,19-25,28-30,32-38,40-41,45,47,57H,10,13-14,18,26,31,39H2,1-8H3. The normalized spacial score (nSPS) is 21.3. The second-order valence-corrected chi connectivity index (χ2v) is 19.9. The van der Waals surface area contributed by atoms with Crippen molar-refractivity contribution in [1.29, 1.82) is 0 Å². The summed E-state index contributed by atoms with van der Waals surface area (Å²) in [5.74, 6) is 9.27. The van der Waals surface area contributed by atoms with Crippen LogP contribution in [-0.2, 0) is 0 Å². The lowest BCUT2D eigenvalue weighted by atomic mass is 9.67. The van der Waals surface area contributed by atoms with Crippen LogP contribution in [0.3, 0.4) is 0 Å². The lowest BCUT2D eigenvalue weighted by Crippen LogP contribution is -2.18. The zero-order chi connectivity index (χ0) is 45.9. The zero-order valence-electron chi connectivity index (χ0n) is 40.6. The van der Waals surface area contributed by atoms with E-state index in [2.05, 4.69) is 219 Å². The predicted octanol–water partition coefficient (Wildman–Crippen LogP) is 17.5. The van der Waals surface area contributed by atoms with Crippen LogP contribution in [0.2, 0.25) is 0 Å². The fraction of sp³-hybridized carbons (Fsp3) is 0.273. The van der Waals surface area contributed by atoms with Gasteiger partial charge in [0.25, 0.3) is 0 Å². The van der Waals surface area contributed by atoms with Crippen LogP contribution in [0.1, 0.15) is 117 Å². The fourth-order valence-electron chi connectivity index (χ4n) is 10.2. The Hall–Kier alpha value is -6.42. The molecule has 330 valence electrons. The van der Waals surface area contributed by atoms with Gasteiger partial charge in [-0.25, -0.2) is 0 Å². The van der Waals surface area contributed by atoms with Gasteiger partial charge < -0.3 is 0 Å². The van der Waals surface area contributed by atoms with Crippen molar-refractivity contribution in [2.75, 3.05) is 0 Å². The molecule has 0 spiro atoms. The molecule has 0 nitrogen and oxygen atoms in total. The first-order valence-electron chi connectivity index (χ1n) is 24.6. The predicted molar refractivity (Wildman–Crippen MR) is 284 cm³/mol. The van der Waals surface area contributed by atoms with E-state index in [9.17, 15) is 0 Å². The van der Waals surface area contributed by atoms with Crippen LogP contribution >= 0.6 is 0 Å². The van der Waals surface area contributed by atoms with Gasteiger partial charge in [-0.1, -0.05) is 211 Å². The van der Waals surface area contributed by atoms with Gasteiger partial charge in [0.15, 0.2) is 0 Å². The molecule has 0 fully saturated rings. The SMILES string of the molecule is CC1=CCC(C2=C(C3=CCC(C)C=C3)C(C3=CCC(C)CC3)=C(C#CC3=CC=C(C)CC3)C(c3ccc(C)cc3)=C(c3ccc(C)cc3)C(c3ccc(C)cc3)=C2c2ccc(C)cc2)C=C1. The number of allylic oxidation sites excluding steroid dienone is 22. The van der Waals surface area contributed by atoms with Gasteiger partial charge in [0.1, 0.15) is 0 Å². The third-order valence-electron chi connectivity index (χ3n) is 14.4. The highest BCUT2D eigenvalue weighted by molar-refractivity contribution is 6.27. The number of hydrogen-bond donors (Lipinski definition) is 0. The van der Waals surface area contributed by atoms with Gasteiger partial charge in [0.2, 0.25) is 0 Å². The molecule has 9 rings (SSSR count). The lowest BCUT2D eigenvalue weighted by molar-refractivity contribution is 0.516. The summed E-state index contributed by atoms with van der Waals surface area (Å²) < 4.78 is 0. The van der Waals surface area contributed by atoms with E-state index in [-0.39, 0.29) is 5.92 Å². The molecule has 0 heterocycles. The highest BCUT2D eigenvalue weighted by Crippen LogP contribution is 2.55. The smallest absolute Gasteiger partial charge is 0.0415 e. The van der Waals surface area contributed by atoms with Crippen molar-refractivity contribution < 1.29 is 0 Å². The number of rotatable bonds is 7. The summed E-state index contributed by atoms with van der Waals surface area (Å²) in [4.78, 5) is 0. The van der Waals surface area contributed by atoms with Crippen molar-refractivity contribution in [3.63, 3.8) is 0 Å². The summed E-state index contributed by atoms with van der Waals surface area (Å²) in [6, 6.07) is 37.5. The molecule has 0 radical (unpaired) electrons. The highest BCUT2D eigenvalue weighted by atomic mass is 14.4. The molecule has 0 aliphatic heterocycles. The van der Waals surface area contributed by atoms with E-state index in [0.717, 1.165) is 50.5 Å². The van der Waals surface area contributed by atoms with Crippen LogP contribution in [-0.4, -0.2) is 0 Å². The molecule has 5 aliphatic rings. The summed E-state index contributed by atoms with van der Waals surface area (Å²) >= 11 is 0. The van der Waals surface area contributed by atoms with E-state index in [1.165, 1.54) is 111 Å². The molecule has 0 N–H and O–H groups in total. The Labute approximate surface area is 396 Å². The fourth-order valence-corrected chi connectivity index (χ4v) is 10.2. The first-order valence-corrected chi connectivity index (χ1v) is 24.6. The number of hydrogen-bond acceptors (Lipinski definition) is 0. The largest absolute Gasteiger partial charge is 0.0808 e. The molecule has 0 aromatic heterocycles. The monoisotopic (exact) mass is 859 g/mol. The summed E-state index contributed by atoms with van der Waals surface area (Å²) in [5, 5.41) is 0. The molecular formula is C66H66. The second kappa shape index (κ2) is 19.6. The quantitative estimate of drug-likeness (QED) is 0.162. The average molecular weight is 859 g/mol. The molecule has 66 heavy (non-hydrogen) atoms. The highest BCUT2D eigenvalue weighted by Gasteiger charge is 2.36. The minimum absolute atomic E-state index is 0.107. The maximum Gasteiger partial charge on any atom is 0.0415 e. The molecular weight excluding hydrogens is 793 g/mol. The van der Waals surface area contributed by atoms with Crippen LogP contribution in [0.5, 0.6) is 0 Å². The number of aryl methyl sites for hydroxylation is 4. The minimum atomic E-state index is 0.107. The van der Waals surface area contributed by atoms with E-state index in [1.54, 1.807) is 0 Å². The molecule has 4 aromatic carbocycles. The molecule has 0 saturated carbocycles. The van der Waals surface area contributed by atoms with Gasteiger partial charge in [0, 0.05) is 28.2 Å². The molecule has 5 aliphatic carbocycles. The Bertz CT molecular complexity index is 2950. The third kappa shape index (κ3) is 9.60. The molecule has 0 amide bonds. The molecule has 4 aromatic rings. The van der Waals surface area contributed by atoms with Crippen molar-refractivity contribution in [3.8, 4) is 11.8 Å². The van der Waals surface area contributed by atoms with Crippen LogP contribution in [0.15, 0.2) is 202 Å². The Morgan fingerprint density at radius 3 is 1.50 bits per heavy atom. The molecule has 0 bridgehead atoms. The first kappa shape index (κ1) is 44.8. The number of benzene rings is 4. The van der Waals surface area contributed by atoms with Gasteiger partial charge in [0.05, 0.1) is 0 Å². The summed E-state index contributed by atoms with van der Waals surface area (Å²) in [7, 11) is 0. The van der Waals surface area contributed by atoms with Crippen LogP contribution < -0.4 is 0 Å². The lowest BCUT2D eigenvalue weighted by Gasteiger charge is -2.36. The van der Waals surface area contributed by atoms with Crippen molar-refractivity contribution in [2.24, 2.45) is 17.8 Å². The first-order chi connectivity index (χ1) is 32.0. The summed E-state index contributed by atoms with van der Waals surface area (Å²) in [6.45, 7) is 18.1. The third-order valence-corrected chi connectivity index (χ3v) is 14.4. The summed E-state index contributed by atoms with van der Waals surface area (Å²) in [5.41, 5.74) is 26.6. The zero-order valence-corrected chi connectivity index (χ0v) is 40.6. The van der Waals surface area contributed by atoms with Crippen molar-refractivity contribution in [1.82, 2.24) is 0 Å². The van der Waals surface area contributed by atoms with Crippen LogP contribution in [0.25, 0.3) is 22.3 Å². The van der Waals surface area contributed by atoms with Gasteiger partial charge in [-0.05, 0) is 160 Å². The Morgan fingerprint density at radius 2 is 1.02 bits per heavy atom. The van der Waals surface area contributed by atoms with E-state index >= 15 is 0 Å². The molecule has 3 unspecified atom stereocenters. The van der Waals surface area contributed by atoms with Gasteiger partial charge >= 0.3 is 0 Å². The van der Waals surface area contributed by atoms with E-state index in [4.69, 9.17) is 0 Å². The van der Waals surface area contributed by atoms with E-state index < -0.39 is 0 Å². The van der Waals surface area contributed by atoms with Crippen molar-refractivity contribution >= 4 is 22.3 Å². The van der Waals surface area contributed by atoms with Crippen molar-refractivity contribution in [3.05, 3.63) is 246 Å². The van der Waals surface area contributed by atoms with Crippen molar-refractivity contribution in [2.45, 2.75) is 100 Å². The average Bonchev–Trinajstić information content (AvgIpc) is 3.32. The molecule has 0 heteroatoms. The van der Waals surface area contributed by atoms with Gasteiger partial charge in [-0.3, -0.25) is 0 Å². The maximum atomic E-state index is 4.15. The van der Waals surface area contributed by atoms with E-state index in [1.807, 2.05) is 0 Å². The van der Waals surface area contributed by atoms with Gasteiger partial charge in [-0.15, -0.1) is 0 Å². The van der Waals surface area contributed by atoms with Crippen LogP contribution in [0.4, 0.5) is 0 Å².